The van der Waals surface area contributed by atoms with Gasteiger partial charge in [-0.3, -0.25) is 14.5 Å². The van der Waals surface area contributed by atoms with E-state index >= 15 is 0 Å². The second-order valence-corrected chi connectivity index (χ2v) is 7.75. The molecular weight excluding hydrogens is 402 g/mol. The highest BCUT2D eigenvalue weighted by molar-refractivity contribution is 6.30. The average Bonchev–Trinajstić information content (AvgIpc) is 2.77. The molecule has 1 heterocycles. The van der Waals surface area contributed by atoms with Gasteiger partial charge < -0.3 is 15.0 Å². The first-order valence-electron chi connectivity index (χ1n) is 10.3. The highest BCUT2D eigenvalue weighted by Gasteiger charge is 2.23. The highest BCUT2D eigenvalue weighted by Crippen LogP contribution is 2.13. The zero-order valence-corrected chi connectivity index (χ0v) is 17.8. The summed E-state index contributed by atoms with van der Waals surface area (Å²) in [7, 11) is 0. The van der Waals surface area contributed by atoms with Gasteiger partial charge in [-0.25, -0.2) is 0 Å². The number of amides is 2. The zero-order chi connectivity index (χ0) is 21.2. The molecule has 2 amide bonds. The van der Waals surface area contributed by atoms with Gasteiger partial charge in [0.2, 0.25) is 5.91 Å². The van der Waals surface area contributed by atoms with E-state index in [1.807, 2.05) is 35.2 Å². The predicted molar refractivity (Wildman–Crippen MR) is 118 cm³/mol. The van der Waals surface area contributed by atoms with Crippen LogP contribution in [0.25, 0.3) is 0 Å². The lowest BCUT2D eigenvalue weighted by Gasteiger charge is -2.34. The maximum absolute atomic E-state index is 12.5. The quantitative estimate of drug-likeness (QED) is 0.622. The Morgan fingerprint density at radius 2 is 1.67 bits per heavy atom. The molecule has 3 rings (SSSR count). The van der Waals surface area contributed by atoms with E-state index in [2.05, 4.69) is 10.2 Å². The van der Waals surface area contributed by atoms with Crippen LogP contribution in [0.5, 0.6) is 0 Å². The van der Waals surface area contributed by atoms with Crippen molar-refractivity contribution in [3.63, 3.8) is 0 Å². The van der Waals surface area contributed by atoms with Crippen molar-refractivity contribution in [2.24, 2.45) is 0 Å². The molecule has 0 aromatic heterocycles. The lowest BCUT2D eigenvalue weighted by molar-refractivity contribution is -0.122. The molecular formula is C23H28ClN3O3. The Hall–Kier alpha value is -2.41. The van der Waals surface area contributed by atoms with Crippen LogP contribution in [0.2, 0.25) is 5.02 Å². The van der Waals surface area contributed by atoms with Crippen molar-refractivity contribution in [2.75, 3.05) is 45.9 Å². The Morgan fingerprint density at radius 1 is 0.967 bits per heavy atom. The van der Waals surface area contributed by atoms with Crippen LogP contribution >= 0.6 is 11.6 Å². The Kier molecular flexibility index (Phi) is 8.68. The van der Waals surface area contributed by atoms with Crippen molar-refractivity contribution in [1.82, 2.24) is 15.1 Å². The van der Waals surface area contributed by atoms with Crippen molar-refractivity contribution < 1.29 is 14.3 Å². The van der Waals surface area contributed by atoms with Gasteiger partial charge in [-0.05, 0) is 36.2 Å². The van der Waals surface area contributed by atoms with Crippen molar-refractivity contribution in [1.29, 1.82) is 0 Å². The second-order valence-electron chi connectivity index (χ2n) is 7.32. The third-order valence-electron chi connectivity index (χ3n) is 5.02. The van der Waals surface area contributed by atoms with Crippen molar-refractivity contribution in [3.05, 3.63) is 70.7 Å². The minimum Gasteiger partial charge on any atom is -0.377 e. The average molecular weight is 430 g/mol. The molecule has 0 saturated carbocycles. The molecule has 30 heavy (non-hydrogen) atoms. The molecule has 2 aromatic carbocycles. The summed E-state index contributed by atoms with van der Waals surface area (Å²) in [5.74, 6) is 0.0156. The minimum absolute atomic E-state index is 0.00581. The Morgan fingerprint density at radius 3 is 2.37 bits per heavy atom. The van der Waals surface area contributed by atoms with Gasteiger partial charge in [0, 0.05) is 49.9 Å². The maximum atomic E-state index is 12.5. The van der Waals surface area contributed by atoms with Gasteiger partial charge in [0.25, 0.3) is 5.91 Å². The lowest BCUT2D eigenvalue weighted by Crippen LogP contribution is -2.51. The number of ether oxygens (including phenoxy) is 1. The largest absolute Gasteiger partial charge is 0.377 e. The van der Waals surface area contributed by atoms with Crippen LogP contribution in [0.4, 0.5) is 0 Å². The number of hydrogen-bond donors (Lipinski definition) is 1. The molecule has 0 bridgehead atoms. The fourth-order valence-corrected chi connectivity index (χ4v) is 3.44. The number of carbonyl (C=O) groups excluding carboxylic acids is 2. The smallest absolute Gasteiger partial charge is 0.253 e. The van der Waals surface area contributed by atoms with E-state index in [-0.39, 0.29) is 11.8 Å². The fraction of sp³-hybridized carbons (Fsp3) is 0.391. The van der Waals surface area contributed by atoms with Gasteiger partial charge in [-0.1, -0.05) is 41.9 Å². The van der Waals surface area contributed by atoms with Crippen molar-refractivity contribution >= 4 is 23.4 Å². The summed E-state index contributed by atoms with van der Waals surface area (Å²) in [6.07, 6.45) is 0.780. The van der Waals surface area contributed by atoms with Crippen molar-refractivity contribution in [3.8, 4) is 0 Å². The maximum Gasteiger partial charge on any atom is 0.253 e. The number of nitrogens with one attached hydrogen (secondary N) is 1. The highest BCUT2D eigenvalue weighted by atomic mass is 35.5. The number of rotatable bonds is 9. The van der Waals surface area contributed by atoms with Crippen LogP contribution < -0.4 is 5.32 Å². The van der Waals surface area contributed by atoms with E-state index in [4.69, 9.17) is 16.3 Å². The van der Waals surface area contributed by atoms with Gasteiger partial charge in [0.05, 0.1) is 13.2 Å². The molecule has 2 aromatic rings. The molecule has 1 fully saturated rings. The van der Waals surface area contributed by atoms with Gasteiger partial charge in [-0.15, -0.1) is 0 Å². The standard InChI is InChI=1S/C23H28ClN3O3/c24-21-9-7-20(8-10-21)23(29)27-14-12-26(13-15-27)17-22(28)25-11-4-16-30-18-19-5-2-1-3-6-19/h1-3,5-10H,4,11-18H2,(H,25,28). The number of nitrogens with zero attached hydrogens (tertiary/aromatic N) is 2. The lowest BCUT2D eigenvalue weighted by atomic mass is 10.2. The zero-order valence-electron chi connectivity index (χ0n) is 17.1. The molecule has 1 aliphatic rings. The van der Waals surface area contributed by atoms with Crippen LogP contribution in [-0.4, -0.2) is 67.5 Å². The van der Waals surface area contributed by atoms with Gasteiger partial charge in [-0.2, -0.15) is 0 Å². The first kappa shape index (κ1) is 22.3. The molecule has 1 saturated heterocycles. The summed E-state index contributed by atoms with van der Waals surface area (Å²) >= 11 is 5.88. The van der Waals surface area contributed by atoms with Crippen molar-refractivity contribution in [2.45, 2.75) is 13.0 Å². The summed E-state index contributed by atoms with van der Waals surface area (Å²) in [6.45, 7) is 4.76. The molecule has 0 aliphatic carbocycles. The summed E-state index contributed by atoms with van der Waals surface area (Å²) in [6, 6.07) is 17.0. The molecule has 0 radical (unpaired) electrons. The second kappa shape index (κ2) is 11.7. The Balaban J connectivity index is 1.27. The number of halogens is 1. The van der Waals surface area contributed by atoms with Crippen LogP contribution in [0.15, 0.2) is 54.6 Å². The summed E-state index contributed by atoms with van der Waals surface area (Å²) in [5.41, 5.74) is 1.79. The van der Waals surface area contributed by atoms with E-state index in [0.717, 1.165) is 12.0 Å². The van der Waals surface area contributed by atoms with Crippen LogP contribution in [0.1, 0.15) is 22.3 Å². The topological polar surface area (TPSA) is 61.9 Å². The number of benzene rings is 2. The van der Waals surface area contributed by atoms with E-state index < -0.39 is 0 Å². The van der Waals surface area contributed by atoms with Gasteiger partial charge in [0.15, 0.2) is 0 Å². The third kappa shape index (κ3) is 7.13. The Bertz CT molecular complexity index is 806. The molecule has 0 spiro atoms. The number of carbonyl (C=O) groups is 2. The molecule has 0 atom stereocenters. The van der Waals surface area contributed by atoms with E-state index in [1.165, 1.54) is 0 Å². The molecule has 0 unspecified atom stereocenters. The van der Waals surface area contributed by atoms with Gasteiger partial charge >= 0.3 is 0 Å². The van der Waals surface area contributed by atoms with Crippen LogP contribution in [-0.2, 0) is 16.1 Å². The number of hydrogen-bond acceptors (Lipinski definition) is 4. The summed E-state index contributed by atoms with van der Waals surface area (Å²) < 4.78 is 5.62. The molecule has 1 N–H and O–H groups in total. The first-order chi connectivity index (χ1) is 14.6. The molecule has 7 heteroatoms. The molecule has 160 valence electrons. The fourth-order valence-electron chi connectivity index (χ4n) is 3.31. The van der Waals surface area contributed by atoms with Crippen LogP contribution in [0.3, 0.4) is 0 Å². The Labute approximate surface area is 182 Å². The third-order valence-corrected chi connectivity index (χ3v) is 5.27. The first-order valence-corrected chi connectivity index (χ1v) is 10.7. The SMILES string of the molecule is O=C(CN1CCN(C(=O)c2ccc(Cl)cc2)CC1)NCCCOCc1ccccc1. The minimum atomic E-state index is 0.00581. The predicted octanol–water partition coefficient (Wildman–Crippen LogP) is 2.82. The van der Waals surface area contributed by atoms with E-state index in [1.54, 1.807) is 24.3 Å². The number of piperazine rings is 1. The monoisotopic (exact) mass is 429 g/mol. The van der Waals surface area contributed by atoms with Crippen LogP contribution in [0, 0.1) is 0 Å². The van der Waals surface area contributed by atoms with E-state index in [0.29, 0.717) is 63.1 Å². The molecule has 6 nitrogen and oxygen atoms in total. The summed E-state index contributed by atoms with van der Waals surface area (Å²) in [5, 5.41) is 3.56. The van der Waals surface area contributed by atoms with Gasteiger partial charge in [0.1, 0.15) is 0 Å². The normalized spacial score (nSPS) is 14.5. The van der Waals surface area contributed by atoms with E-state index in [9.17, 15) is 9.59 Å². The molecule has 1 aliphatic heterocycles. The summed E-state index contributed by atoms with van der Waals surface area (Å²) in [4.78, 5) is 28.6.